The number of aldehydes is 1. The quantitative estimate of drug-likeness (QED) is 0.590. The largest absolute Gasteiger partial charge is 0.496 e. The fraction of sp³-hybridized carbons (Fsp3) is 0.462. The average Bonchev–Trinajstić information content (AvgIpc) is 2.29. The molecule has 0 spiro atoms. The maximum absolute atomic E-state index is 10.2. The Morgan fingerprint density at radius 2 is 2.19 bits per heavy atom. The van der Waals surface area contributed by atoms with E-state index < -0.39 is 0 Å². The summed E-state index contributed by atoms with van der Waals surface area (Å²) in [7, 11) is 1.69. The first-order chi connectivity index (χ1) is 7.69. The lowest BCUT2D eigenvalue weighted by Crippen LogP contribution is -2.15. The predicted octanol–water partition coefficient (Wildman–Crippen LogP) is 2.11. The molecule has 3 heteroatoms. The summed E-state index contributed by atoms with van der Waals surface area (Å²) in [5.74, 6) is 1.36. The summed E-state index contributed by atoms with van der Waals surface area (Å²) in [6, 6.07) is 6.12. The molecule has 0 radical (unpaired) electrons. The second-order valence-corrected chi connectivity index (χ2v) is 4.03. The smallest absolute Gasteiger partial charge is 0.133 e. The molecule has 0 aliphatic carbocycles. The van der Waals surface area contributed by atoms with Crippen molar-refractivity contribution >= 4 is 6.29 Å². The van der Waals surface area contributed by atoms with Gasteiger partial charge in [-0.15, -0.1) is 0 Å². The van der Waals surface area contributed by atoms with E-state index in [4.69, 9.17) is 4.74 Å². The van der Waals surface area contributed by atoms with Gasteiger partial charge in [-0.3, -0.25) is 0 Å². The van der Waals surface area contributed by atoms with Gasteiger partial charge in [-0.2, -0.15) is 0 Å². The SMILES string of the molecule is COc1ccc(CNCC=O)cc1C(C)C. The molecule has 0 aliphatic rings. The summed E-state index contributed by atoms with van der Waals surface area (Å²) in [6.45, 7) is 5.38. The molecule has 0 atom stereocenters. The molecule has 0 heterocycles. The Morgan fingerprint density at radius 3 is 2.75 bits per heavy atom. The van der Waals surface area contributed by atoms with E-state index in [1.54, 1.807) is 7.11 Å². The highest BCUT2D eigenvalue weighted by atomic mass is 16.5. The zero-order valence-corrected chi connectivity index (χ0v) is 10.1. The number of nitrogens with one attached hydrogen (secondary N) is 1. The van der Waals surface area contributed by atoms with Crippen LogP contribution in [0.3, 0.4) is 0 Å². The maximum atomic E-state index is 10.2. The summed E-state index contributed by atoms with van der Waals surface area (Å²) < 4.78 is 5.31. The third-order valence-corrected chi connectivity index (χ3v) is 2.47. The van der Waals surface area contributed by atoms with Gasteiger partial charge in [0.25, 0.3) is 0 Å². The molecule has 1 aromatic carbocycles. The molecule has 0 aromatic heterocycles. The van der Waals surface area contributed by atoms with E-state index >= 15 is 0 Å². The van der Waals surface area contributed by atoms with Gasteiger partial charge in [0.2, 0.25) is 0 Å². The molecule has 1 aromatic rings. The van der Waals surface area contributed by atoms with E-state index in [-0.39, 0.29) is 0 Å². The van der Waals surface area contributed by atoms with Gasteiger partial charge >= 0.3 is 0 Å². The van der Waals surface area contributed by atoms with Crippen LogP contribution >= 0.6 is 0 Å². The van der Waals surface area contributed by atoms with Gasteiger partial charge in [0, 0.05) is 6.54 Å². The second kappa shape index (κ2) is 6.28. The van der Waals surface area contributed by atoms with Crippen molar-refractivity contribution in [3.63, 3.8) is 0 Å². The summed E-state index contributed by atoms with van der Waals surface area (Å²) >= 11 is 0. The average molecular weight is 221 g/mol. The summed E-state index contributed by atoms with van der Waals surface area (Å²) in [5.41, 5.74) is 2.37. The van der Waals surface area contributed by atoms with E-state index in [1.165, 1.54) is 11.1 Å². The van der Waals surface area contributed by atoms with Crippen LogP contribution in [-0.2, 0) is 11.3 Å². The Hall–Kier alpha value is -1.35. The topological polar surface area (TPSA) is 38.3 Å². The minimum absolute atomic E-state index is 0.392. The lowest BCUT2D eigenvalue weighted by Gasteiger charge is -2.13. The van der Waals surface area contributed by atoms with Crippen LogP contribution in [0.5, 0.6) is 5.75 Å². The van der Waals surface area contributed by atoms with Gasteiger partial charge in [0.1, 0.15) is 12.0 Å². The number of benzene rings is 1. The number of carbonyl (C=O) groups excluding carboxylic acids is 1. The maximum Gasteiger partial charge on any atom is 0.133 e. The summed E-state index contributed by atoms with van der Waals surface area (Å²) in [5, 5.41) is 3.05. The van der Waals surface area contributed by atoms with Crippen molar-refractivity contribution in [1.29, 1.82) is 0 Å². The number of hydrogen-bond acceptors (Lipinski definition) is 3. The van der Waals surface area contributed by atoms with Crippen molar-refractivity contribution in [1.82, 2.24) is 5.32 Å². The van der Waals surface area contributed by atoms with Gasteiger partial charge in [-0.1, -0.05) is 26.0 Å². The Balaban J connectivity index is 2.80. The molecule has 0 unspecified atom stereocenters. The highest BCUT2D eigenvalue weighted by Crippen LogP contribution is 2.27. The fourth-order valence-electron chi connectivity index (χ4n) is 1.62. The van der Waals surface area contributed by atoms with E-state index in [0.29, 0.717) is 19.0 Å². The van der Waals surface area contributed by atoms with E-state index in [9.17, 15) is 4.79 Å². The molecule has 0 fully saturated rings. The predicted molar refractivity (Wildman–Crippen MR) is 64.9 cm³/mol. The van der Waals surface area contributed by atoms with Gasteiger partial charge < -0.3 is 14.8 Å². The molecule has 1 N–H and O–H groups in total. The van der Waals surface area contributed by atoms with Crippen LogP contribution in [0.25, 0.3) is 0 Å². The standard InChI is InChI=1S/C13H19NO2/c1-10(2)12-8-11(9-14-6-7-15)4-5-13(12)16-3/h4-5,7-8,10,14H,6,9H2,1-3H3. The molecule has 3 nitrogen and oxygen atoms in total. The summed E-state index contributed by atoms with van der Waals surface area (Å²) in [4.78, 5) is 10.2. The molecule has 88 valence electrons. The lowest BCUT2D eigenvalue weighted by atomic mass is 9.99. The highest BCUT2D eigenvalue weighted by Gasteiger charge is 2.07. The fourth-order valence-corrected chi connectivity index (χ4v) is 1.62. The van der Waals surface area contributed by atoms with Gasteiger partial charge in [-0.05, 0) is 23.1 Å². The Bertz CT molecular complexity index is 348. The zero-order valence-electron chi connectivity index (χ0n) is 10.1. The Morgan fingerprint density at radius 1 is 1.44 bits per heavy atom. The zero-order chi connectivity index (χ0) is 12.0. The van der Waals surface area contributed by atoms with E-state index in [1.807, 2.05) is 12.1 Å². The second-order valence-electron chi connectivity index (χ2n) is 4.03. The third kappa shape index (κ3) is 3.35. The van der Waals surface area contributed by atoms with Crippen molar-refractivity contribution in [2.24, 2.45) is 0 Å². The van der Waals surface area contributed by atoms with Crippen LogP contribution in [0.2, 0.25) is 0 Å². The monoisotopic (exact) mass is 221 g/mol. The van der Waals surface area contributed by atoms with Crippen molar-refractivity contribution in [3.05, 3.63) is 29.3 Å². The number of hydrogen-bond donors (Lipinski definition) is 1. The van der Waals surface area contributed by atoms with Gasteiger partial charge in [-0.25, -0.2) is 0 Å². The summed E-state index contributed by atoms with van der Waals surface area (Å²) in [6.07, 6.45) is 0.868. The normalized spacial score (nSPS) is 10.5. The molecule has 0 saturated carbocycles. The first kappa shape index (κ1) is 12.7. The highest BCUT2D eigenvalue weighted by molar-refractivity contribution is 5.51. The Labute approximate surface area is 96.8 Å². The van der Waals surface area contributed by atoms with Crippen molar-refractivity contribution in [2.45, 2.75) is 26.3 Å². The molecular formula is C13H19NO2. The van der Waals surface area contributed by atoms with Gasteiger partial charge in [0.05, 0.1) is 13.7 Å². The first-order valence-electron chi connectivity index (χ1n) is 5.50. The Kier molecular flexibility index (Phi) is 4.99. The van der Waals surface area contributed by atoms with Crippen LogP contribution in [0, 0.1) is 0 Å². The number of rotatable bonds is 6. The van der Waals surface area contributed by atoms with Crippen molar-refractivity contribution in [2.75, 3.05) is 13.7 Å². The van der Waals surface area contributed by atoms with Crippen LogP contribution in [0.1, 0.15) is 30.9 Å². The van der Waals surface area contributed by atoms with Crippen molar-refractivity contribution < 1.29 is 9.53 Å². The first-order valence-corrected chi connectivity index (χ1v) is 5.50. The molecule has 0 aliphatic heterocycles. The van der Waals surface area contributed by atoms with E-state index in [0.717, 1.165) is 12.0 Å². The minimum Gasteiger partial charge on any atom is -0.496 e. The van der Waals surface area contributed by atoms with E-state index in [2.05, 4.69) is 25.2 Å². The molecular weight excluding hydrogens is 202 g/mol. The van der Waals surface area contributed by atoms with Crippen LogP contribution in [0.15, 0.2) is 18.2 Å². The molecule has 0 amide bonds. The molecule has 16 heavy (non-hydrogen) atoms. The van der Waals surface area contributed by atoms with Crippen molar-refractivity contribution in [3.8, 4) is 5.75 Å². The minimum atomic E-state index is 0.392. The molecule has 1 rings (SSSR count). The number of carbonyl (C=O) groups is 1. The number of ether oxygens (including phenoxy) is 1. The van der Waals surface area contributed by atoms with Crippen LogP contribution in [0.4, 0.5) is 0 Å². The third-order valence-electron chi connectivity index (χ3n) is 2.47. The van der Waals surface area contributed by atoms with Crippen LogP contribution < -0.4 is 10.1 Å². The number of methoxy groups -OCH3 is 1. The lowest BCUT2D eigenvalue weighted by molar-refractivity contribution is -0.107. The van der Waals surface area contributed by atoms with Gasteiger partial charge in [0.15, 0.2) is 0 Å². The molecule has 0 saturated heterocycles. The van der Waals surface area contributed by atoms with Crippen LogP contribution in [-0.4, -0.2) is 19.9 Å². The molecule has 0 bridgehead atoms.